The molecule has 1 nitrogen and oxygen atoms in total. The first kappa shape index (κ1) is 5.12. The molecule has 50 valence electrons. The van der Waals surface area contributed by atoms with Crippen LogP contribution in [0.1, 0.15) is 0 Å². The molecule has 0 radical (unpaired) electrons. The van der Waals surface area contributed by atoms with Gasteiger partial charge in [-0.3, -0.25) is 0 Å². The van der Waals surface area contributed by atoms with Crippen molar-refractivity contribution in [3.05, 3.63) is 0 Å². The summed E-state index contributed by atoms with van der Waals surface area (Å²) in [6.45, 7) is 2.69. The number of hydrogen-bond acceptors (Lipinski definition) is 1. The SMILES string of the molecule is C1NCC2C[SH4]CC12. The molecule has 2 heteroatoms. The van der Waals surface area contributed by atoms with Crippen molar-refractivity contribution in [1.82, 2.24) is 5.32 Å². The predicted molar refractivity (Wildman–Crippen MR) is 42.8 cm³/mol. The van der Waals surface area contributed by atoms with E-state index >= 15 is 0 Å². The summed E-state index contributed by atoms with van der Waals surface area (Å²) in [7, 11) is 0. The normalized spacial score (nSPS) is 46.0. The summed E-state index contributed by atoms with van der Waals surface area (Å²) in [6.07, 6.45) is 0. The van der Waals surface area contributed by atoms with Crippen LogP contribution in [-0.4, -0.2) is 24.6 Å². The minimum absolute atomic E-state index is 0.449. The molecule has 2 unspecified atom stereocenters. The van der Waals surface area contributed by atoms with Gasteiger partial charge in [0.15, 0.2) is 0 Å². The Morgan fingerprint density at radius 1 is 1.12 bits per heavy atom. The van der Waals surface area contributed by atoms with Crippen molar-refractivity contribution in [2.75, 3.05) is 24.6 Å². The van der Waals surface area contributed by atoms with Crippen LogP contribution in [-0.2, 0) is 0 Å². The van der Waals surface area contributed by atoms with Gasteiger partial charge in [-0.25, -0.2) is 0 Å². The van der Waals surface area contributed by atoms with E-state index in [9.17, 15) is 0 Å². The molecular formula is C6H15NS. The highest BCUT2D eigenvalue weighted by atomic mass is 32.2. The first-order valence-electron chi connectivity index (χ1n) is 3.67. The number of hydrogen-bond donors (Lipinski definition) is 1. The largest absolute Gasteiger partial charge is 0.316 e. The van der Waals surface area contributed by atoms with Crippen LogP contribution in [0.3, 0.4) is 0 Å². The Hall–Kier alpha value is 0.310. The highest BCUT2D eigenvalue weighted by Crippen LogP contribution is 2.31. The first-order valence-corrected chi connectivity index (χ1v) is 5.67. The van der Waals surface area contributed by atoms with Gasteiger partial charge in [0, 0.05) is 0 Å². The fourth-order valence-electron chi connectivity index (χ4n) is 2.11. The highest BCUT2D eigenvalue weighted by Gasteiger charge is 2.29. The molecule has 0 spiro atoms. The molecule has 2 fully saturated rings. The molecule has 0 aromatic carbocycles. The van der Waals surface area contributed by atoms with E-state index in [-0.39, 0.29) is 0 Å². The molecule has 2 aliphatic rings. The van der Waals surface area contributed by atoms with E-state index in [2.05, 4.69) is 5.32 Å². The lowest BCUT2D eigenvalue weighted by atomic mass is 10.0. The Bertz CT molecular complexity index is 74.5. The zero-order valence-electron chi connectivity index (χ0n) is 5.19. The van der Waals surface area contributed by atoms with E-state index in [0.717, 1.165) is 11.8 Å². The summed E-state index contributed by atoms with van der Waals surface area (Å²) in [5.41, 5.74) is 0. The summed E-state index contributed by atoms with van der Waals surface area (Å²) < 4.78 is 0. The van der Waals surface area contributed by atoms with Gasteiger partial charge in [-0.2, -0.15) is 0 Å². The van der Waals surface area contributed by atoms with Gasteiger partial charge in [0.1, 0.15) is 0 Å². The molecule has 2 rings (SSSR count). The van der Waals surface area contributed by atoms with Crippen LogP contribution in [0.15, 0.2) is 0 Å². The van der Waals surface area contributed by atoms with Crippen LogP contribution >= 0.6 is 11.8 Å². The number of fused-ring (bicyclic) bond motifs is 1. The van der Waals surface area contributed by atoms with Crippen molar-refractivity contribution in [1.29, 1.82) is 0 Å². The van der Waals surface area contributed by atoms with E-state index in [1.54, 1.807) is 11.5 Å². The molecular weight excluding hydrogens is 118 g/mol. The standard InChI is InChI=1S/C6H15NS/c1-5-3-8-4-6(5)2-7-1/h5-7H,1-4H2,8H4. The molecule has 8 heavy (non-hydrogen) atoms. The van der Waals surface area contributed by atoms with Gasteiger partial charge >= 0.3 is 0 Å². The van der Waals surface area contributed by atoms with Gasteiger partial charge in [-0.1, -0.05) is 0 Å². The van der Waals surface area contributed by atoms with Crippen LogP contribution in [0.2, 0.25) is 0 Å². The number of nitrogens with one attached hydrogen (secondary N) is 1. The molecule has 0 aliphatic carbocycles. The third kappa shape index (κ3) is 0.669. The Labute approximate surface area is 54.2 Å². The summed E-state index contributed by atoms with van der Waals surface area (Å²) >= 11 is 0.449. The lowest BCUT2D eigenvalue weighted by Crippen LogP contribution is -2.09. The van der Waals surface area contributed by atoms with Gasteiger partial charge < -0.3 is 17.1 Å². The molecule has 0 bridgehead atoms. The quantitative estimate of drug-likeness (QED) is 0.470. The average molecular weight is 133 g/mol. The van der Waals surface area contributed by atoms with Crippen molar-refractivity contribution < 1.29 is 0 Å². The Morgan fingerprint density at radius 3 is 2.38 bits per heavy atom. The highest BCUT2D eigenvalue weighted by molar-refractivity contribution is 7.99. The molecule has 2 saturated heterocycles. The zero-order chi connectivity index (χ0) is 5.40. The fourth-order valence-corrected chi connectivity index (χ4v) is 4.74. The first-order chi connectivity index (χ1) is 3.97. The third-order valence-electron chi connectivity index (χ3n) is 2.63. The molecule has 1 N–H and O–H groups in total. The van der Waals surface area contributed by atoms with Crippen LogP contribution in [0.5, 0.6) is 0 Å². The van der Waals surface area contributed by atoms with Gasteiger partial charge in [0.2, 0.25) is 0 Å². The summed E-state index contributed by atoms with van der Waals surface area (Å²) in [5, 5.41) is 3.45. The maximum Gasteiger partial charge on any atom is -0.00104 e. The van der Waals surface area contributed by atoms with Gasteiger partial charge in [0.05, 0.1) is 0 Å². The van der Waals surface area contributed by atoms with Crippen LogP contribution < -0.4 is 5.32 Å². The van der Waals surface area contributed by atoms with E-state index < -0.39 is 0 Å². The third-order valence-corrected chi connectivity index (χ3v) is 4.93. The maximum absolute atomic E-state index is 3.45. The minimum Gasteiger partial charge on any atom is -0.316 e. The second-order valence-corrected chi connectivity index (χ2v) is 4.97. The van der Waals surface area contributed by atoms with Gasteiger partial charge in [-0.05, 0) is 36.4 Å². The molecule has 2 atom stereocenters. The van der Waals surface area contributed by atoms with Crippen molar-refractivity contribution in [3.63, 3.8) is 0 Å². The molecule has 0 amide bonds. The second kappa shape index (κ2) is 1.92. The maximum atomic E-state index is 3.45. The lowest BCUT2D eigenvalue weighted by molar-refractivity contribution is 0.533. The van der Waals surface area contributed by atoms with Crippen molar-refractivity contribution >= 4 is 11.8 Å². The monoisotopic (exact) mass is 133 g/mol. The molecule has 0 saturated carbocycles. The number of rotatable bonds is 0. The molecule has 0 aromatic heterocycles. The van der Waals surface area contributed by atoms with E-state index in [1.807, 2.05) is 0 Å². The summed E-state index contributed by atoms with van der Waals surface area (Å²) in [5.74, 6) is 5.53. The Kier molecular flexibility index (Phi) is 1.23. The topological polar surface area (TPSA) is 12.0 Å². The summed E-state index contributed by atoms with van der Waals surface area (Å²) in [4.78, 5) is 0. The van der Waals surface area contributed by atoms with E-state index in [4.69, 9.17) is 0 Å². The lowest BCUT2D eigenvalue weighted by Gasteiger charge is -2.02. The molecule has 0 aromatic rings. The summed E-state index contributed by atoms with van der Waals surface area (Å²) in [6, 6.07) is 0. The average Bonchev–Trinajstić information content (AvgIpc) is 2.15. The van der Waals surface area contributed by atoms with Crippen LogP contribution in [0.25, 0.3) is 0 Å². The van der Waals surface area contributed by atoms with Crippen molar-refractivity contribution in [2.45, 2.75) is 0 Å². The smallest absolute Gasteiger partial charge is 0.00104 e. The van der Waals surface area contributed by atoms with Crippen molar-refractivity contribution in [2.24, 2.45) is 11.8 Å². The van der Waals surface area contributed by atoms with Crippen molar-refractivity contribution in [3.8, 4) is 0 Å². The second-order valence-electron chi connectivity index (χ2n) is 3.11. The Balaban J connectivity index is 2.04. The van der Waals surface area contributed by atoms with E-state index in [1.165, 1.54) is 13.1 Å². The Morgan fingerprint density at radius 2 is 1.75 bits per heavy atom. The molecule has 2 aliphatic heterocycles. The van der Waals surface area contributed by atoms with Crippen LogP contribution in [0, 0.1) is 11.8 Å². The van der Waals surface area contributed by atoms with E-state index in [0.29, 0.717) is 11.8 Å². The zero-order valence-corrected chi connectivity index (χ0v) is 6.60. The molecule has 2 heterocycles. The predicted octanol–water partition coefficient (Wildman–Crippen LogP) is -0.502. The van der Waals surface area contributed by atoms with Crippen LogP contribution in [0.4, 0.5) is 0 Å². The van der Waals surface area contributed by atoms with Gasteiger partial charge in [-0.15, -0.1) is 0 Å². The fraction of sp³-hybridized carbons (Fsp3) is 1.00. The minimum atomic E-state index is 0.449. The van der Waals surface area contributed by atoms with Gasteiger partial charge in [0.25, 0.3) is 0 Å².